The third kappa shape index (κ3) is 11.4. The van der Waals surface area contributed by atoms with E-state index in [9.17, 15) is 14.4 Å². The lowest BCUT2D eigenvalue weighted by Crippen LogP contribution is -2.15. The zero-order valence-electron chi connectivity index (χ0n) is 17.2. The van der Waals surface area contributed by atoms with Gasteiger partial charge in [-0.15, -0.1) is 0 Å². The minimum absolute atomic E-state index is 0.269. The van der Waals surface area contributed by atoms with Gasteiger partial charge >= 0.3 is 5.97 Å². The highest BCUT2D eigenvalue weighted by atomic mass is 16.5. The van der Waals surface area contributed by atoms with Crippen molar-refractivity contribution in [2.45, 2.75) is 78.1 Å². The first-order valence-corrected chi connectivity index (χ1v) is 10.4. The van der Waals surface area contributed by atoms with Gasteiger partial charge < -0.3 is 15.0 Å². The molecule has 0 radical (unpaired) electrons. The molecule has 0 saturated carbocycles. The Bertz CT molecular complexity index is 679. The van der Waals surface area contributed by atoms with Gasteiger partial charge in [0.05, 0.1) is 6.61 Å². The Morgan fingerprint density at radius 2 is 1.61 bits per heavy atom. The van der Waals surface area contributed by atoms with Crippen LogP contribution in [0.3, 0.4) is 0 Å². The molecule has 0 aromatic carbocycles. The summed E-state index contributed by atoms with van der Waals surface area (Å²) in [6.07, 6.45) is 15.0. The predicted molar refractivity (Wildman–Crippen MR) is 113 cm³/mol. The fourth-order valence-corrected chi connectivity index (χ4v) is 2.85. The zero-order valence-corrected chi connectivity index (χ0v) is 17.2. The molecule has 1 rings (SSSR count). The maximum atomic E-state index is 11.9. The number of amides is 1. The molecule has 6 nitrogen and oxygen atoms in total. The fraction of sp³-hybridized carbons (Fsp3) is 0.591. The number of ether oxygens (including phenoxy) is 1. The molecule has 156 valence electrons. The fourth-order valence-electron chi connectivity index (χ4n) is 2.85. The van der Waals surface area contributed by atoms with Crippen LogP contribution in [0.15, 0.2) is 23.0 Å². The number of rotatable bonds is 14. The van der Waals surface area contributed by atoms with Crippen LogP contribution < -0.4 is 10.9 Å². The first-order chi connectivity index (χ1) is 13.5. The van der Waals surface area contributed by atoms with Crippen molar-refractivity contribution in [1.29, 1.82) is 0 Å². The van der Waals surface area contributed by atoms with Crippen LogP contribution in [0.1, 0.15) is 83.6 Å². The van der Waals surface area contributed by atoms with Gasteiger partial charge in [0.15, 0.2) is 0 Å². The summed E-state index contributed by atoms with van der Waals surface area (Å²) in [5.74, 6) is -0.408. The largest absolute Gasteiger partial charge is 0.463 e. The van der Waals surface area contributed by atoms with Crippen molar-refractivity contribution in [3.63, 3.8) is 0 Å². The number of hydrogen-bond acceptors (Lipinski definition) is 4. The van der Waals surface area contributed by atoms with Crippen molar-refractivity contribution in [2.24, 2.45) is 0 Å². The molecule has 2 N–H and O–H groups in total. The molecule has 1 amide bonds. The van der Waals surface area contributed by atoms with Crippen LogP contribution in [-0.2, 0) is 14.3 Å². The van der Waals surface area contributed by atoms with Gasteiger partial charge in [-0.3, -0.25) is 9.59 Å². The monoisotopic (exact) mass is 390 g/mol. The van der Waals surface area contributed by atoms with Gasteiger partial charge in [-0.2, -0.15) is 0 Å². The number of nitrogens with one attached hydrogen (secondary N) is 2. The molecule has 1 aromatic heterocycles. The molecule has 1 aromatic rings. The van der Waals surface area contributed by atoms with E-state index in [1.807, 2.05) is 0 Å². The topological polar surface area (TPSA) is 88.3 Å². The first kappa shape index (κ1) is 23.7. The Morgan fingerprint density at radius 1 is 1.00 bits per heavy atom. The number of pyridine rings is 1. The maximum absolute atomic E-state index is 11.9. The van der Waals surface area contributed by atoms with E-state index in [-0.39, 0.29) is 11.5 Å². The lowest BCUT2D eigenvalue weighted by Gasteiger charge is -2.03. The third-order valence-electron chi connectivity index (χ3n) is 4.39. The molecule has 0 saturated heterocycles. The SMILES string of the molecule is CCCCCCCCCCCCOC(=O)/C=C/c1ccc(NC(C)=O)[nH]c1=O. The molecule has 0 atom stereocenters. The Morgan fingerprint density at radius 3 is 2.18 bits per heavy atom. The van der Waals surface area contributed by atoms with Crippen molar-refractivity contribution < 1.29 is 14.3 Å². The van der Waals surface area contributed by atoms with Crippen molar-refractivity contribution in [1.82, 2.24) is 4.98 Å². The van der Waals surface area contributed by atoms with E-state index in [0.29, 0.717) is 18.0 Å². The van der Waals surface area contributed by atoms with Crippen LogP contribution in [0.5, 0.6) is 0 Å². The lowest BCUT2D eigenvalue weighted by atomic mass is 10.1. The first-order valence-electron chi connectivity index (χ1n) is 10.4. The molecule has 0 bridgehead atoms. The predicted octanol–water partition coefficient (Wildman–Crippen LogP) is 4.81. The number of unbranched alkanes of at least 4 members (excludes halogenated alkanes) is 9. The van der Waals surface area contributed by atoms with Gasteiger partial charge in [-0.1, -0.05) is 64.7 Å². The Balaban J connectivity index is 2.15. The summed E-state index contributed by atoms with van der Waals surface area (Å²) in [6.45, 7) is 3.99. The molecule has 0 aliphatic heterocycles. The van der Waals surface area contributed by atoms with Crippen LogP contribution in [0, 0.1) is 0 Å². The maximum Gasteiger partial charge on any atom is 0.330 e. The van der Waals surface area contributed by atoms with Gasteiger partial charge in [0, 0.05) is 18.6 Å². The average molecular weight is 391 g/mol. The molecule has 0 spiro atoms. The molecule has 0 aliphatic carbocycles. The van der Waals surface area contributed by atoms with E-state index in [1.54, 1.807) is 6.07 Å². The minimum Gasteiger partial charge on any atom is -0.463 e. The summed E-state index contributed by atoms with van der Waals surface area (Å²) >= 11 is 0. The van der Waals surface area contributed by atoms with Crippen LogP contribution in [-0.4, -0.2) is 23.5 Å². The second-order valence-electron chi connectivity index (χ2n) is 7.02. The second-order valence-corrected chi connectivity index (χ2v) is 7.02. The van der Waals surface area contributed by atoms with Crippen molar-refractivity contribution in [2.75, 3.05) is 11.9 Å². The van der Waals surface area contributed by atoms with Gasteiger partial charge in [0.25, 0.3) is 5.56 Å². The number of aromatic nitrogens is 1. The molecular weight excluding hydrogens is 356 g/mol. The van der Waals surface area contributed by atoms with Crippen LogP contribution in [0.25, 0.3) is 6.08 Å². The number of carbonyl (C=O) groups excluding carboxylic acids is 2. The third-order valence-corrected chi connectivity index (χ3v) is 4.39. The van der Waals surface area contributed by atoms with Gasteiger partial charge in [-0.25, -0.2) is 4.79 Å². The summed E-state index contributed by atoms with van der Waals surface area (Å²) in [5.41, 5.74) is -0.0602. The van der Waals surface area contributed by atoms with Crippen LogP contribution in [0.4, 0.5) is 5.82 Å². The number of aromatic amines is 1. The number of esters is 1. The molecule has 28 heavy (non-hydrogen) atoms. The Hall–Kier alpha value is -2.37. The zero-order chi connectivity index (χ0) is 20.6. The smallest absolute Gasteiger partial charge is 0.330 e. The highest BCUT2D eigenvalue weighted by Crippen LogP contribution is 2.10. The molecular formula is C22H34N2O4. The number of hydrogen-bond donors (Lipinski definition) is 2. The molecule has 6 heteroatoms. The molecule has 0 aliphatic rings. The van der Waals surface area contributed by atoms with E-state index in [0.717, 1.165) is 12.8 Å². The van der Waals surface area contributed by atoms with Crippen LogP contribution >= 0.6 is 0 Å². The Kier molecular flexibility index (Phi) is 12.4. The quantitative estimate of drug-likeness (QED) is 0.271. The van der Waals surface area contributed by atoms with Gasteiger partial charge in [-0.05, 0) is 24.6 Å². The number of H-pyrrole nitrogens is 1. The normalized spacial score (nSPS) is 10.9. The van der Waals surface area contributed by atoms with E-state index in [1.165, 1.54) is 76.5 Å². The van der Waals surface area contributed by atoms with Gasteiger partial charge in [0.2, 0.25) is 5.91 Å². The summed E-state index contributed by atoms with van der Waals surface area (Å²) < 4.78 is 5.16. The van der Waals surface area contributed by atoms with Crippen molar-refractivity contribution in [3.05, 3.63) is 34.1 Å². The highest BCUT2D eigenvalue weighted by molar-refractivity contribution is 5.88. The number of anilines is 1. The Labute approximate surface area is 167 Å². The highest BCUT2D eigenvalue weighted by Gasteiger charge is 2.02. The van der Waals surface area contributed by atoms with Crippen LogP contribution in [0.2, 0.25) is 0 Å². The molecule has 0 fully saturated rings. The molecule has 1 heterocycles. The summed E-state index contributed by atoms with van der Waals surface area (Å²) in [5, 5.41) is 2.49. The van der Waals surface area contributed by atoms with E-state index in [2.05, 4.69) is 17.2 Å². The minimum atomic E-state index is -0.457. The van der Waals surface area contributed by atoms with Gasteiger partial charge in [0.1, 0.15) is 5.82 Å². The van der Waals surface area contributed by atoms with Crippen molar-refractivity contribution >= 4 is 23.8 Å². The summed E-state index contributed by atoms with van der Waals surface area (Å²) in [7, 11) is 0. The standard InChI is InChI=1S/C22H34N2O4/c1-3-4-5-6-7-8-9-10-11-12-17-28-21(26)16-14-19-13-15-20(23-18(2)25)24-22(19)27/h13-16H,3-12,17H2,1-2H3,(H2,23,24,25,27)/b16-14+. The summed E-state index contributed by atoms with van der Waals surface area (Å²) in [6, 6.07) is 3.10. The van der Waals surface area contributed by atoms with Crippen molar-refractivity contribution in [3.8, 4) is 0 Å². The van der Waals surface area contributed by atoms with E-state index >= 15 is 0 Å². The number of carbonyl (C=O) groups is 2. The van der Waals surface area contributed by atoms with E-state index < -0.39 is 5.97 Å². The second kappa shape index (κ2) is 14.7. The average Bonchev–Trinajstić information content (AvgIpc) is 2.65. The summed E-state index contributed by atoms with van der Waals surface area (Å²) in [4.78, 5) is 37.1. The van der Waals surface area contributed by atoms with E-state index in [4.69, 9.17) is 4.74 Å². The lowest BCUT2D eigenvalue weighted by molar-refractivity contribution is -0.137. The molecule has 0 unspecified atom stereocenters.